The highest BCUT2D eigenvalue weighted by Crippen LogP contribution is 2.34. The van der Waals surface area contributed by atoms with Gasteiger partial charge in [-0.1, -0.05) is 18.5 Å². The fraction of sp³-hybridized carbons (Fsp3) is 0.333. The number of halogens is 1. The van der Waals surface area contributed by atoms with E-state index in [1.54, 1.807) is 25.3 Å². The quantitative estimate of drug-likeness (QED) is 0.261. The van der Waals surface area contributed by atoms with Crippen LogP contribution in [-0.2, 0) is 11.3 Å². The van der Waals surface area contributed by atoms with E-state index in [9.17, 15) is 14.4 Å². The standard InChI is InChI=1S/C27H26ClN9O4/c1-3-10-36-24-21(26(39)37(27(36)40)16-5-6-16)32-22(33-24)18-14-30-23(17-8-9-31-34-20(17)18)35(11-12-41-2)25(38)15-4-7-19(28)29-13-15/h4,7-9,13-14,16H,3,5-6,10-12H2,1-2H3,(H,32,33). The van der Waals surface area contributed by atoms with Crippen molar-refractivity contribution in [3.8, 4) is 11.4 Å². The first-order valence-electron chi connectivity index (χ1n) is 13.2. The number of aromatic amines is 1. The molecule has 0 atom stereocenters. The van der Waals surface area contributed by atoms with Crippen LogP contribution in [0.25, 0.3) is 33.5 Å². The van der Waals surface area contributed by atoms with Crippen molar-refractivity contribution in [3.63, 3.8) is 0 Å². The van der Waals surface area contributed by atoms with Crippen LogP contribution in [-0.4, -0.2) is 65.4 Å². The molecule has 0 unspecified atom stereocenters. The molecule has 13 nitrogen and oxygen atoms in total. The van der Waals surface area contributed by atoms with E-state index in [1.807, 2.05) is 6.92 Å². The van der Waals surface area contributed by atoms with Gasteiger partial charge in [0.05, 0.1) is 30.5 Å². The van der Waals surface area contributed by atoms with Gasteiger partial charge in [0.2, 0.25) is 0 Å². The summed E-state index contributed by atoms with van der Waals surface area (Å²) in [6.45, 7) is 2.83. The number of rotatable bonds is 9. The Morgan fingerprint density at radius 2 is 2.02 bits per heavy atom. The molecule has 5 aromatic heterocycles. The number of ether oxygens (including phenoxy) is 1. The summed E-state index contributed by atoms with van der Waals surface area (Å²) in [6.07, 6.45) is 6.72. The molecule has 0 aliphatic heterocycles. The van der Waals surface area contributed by atoms with Crippen LogP contribution in [0.1, 0.15) is 42.6 Å². The van der Waals surface area contributed by atoms with Crippen molar-refractivity contribution in [1.29, 1.82) is 0 Å². The van der Waals surface area contributed by atoms with Gasteiger partial charge in [0.1, 0.15) is 27.8 Å². The Morgan fingerprint density at radius 3 is 2.73 bits per heavy atom. The molecule has 1 aliphatic carbocycles. The van der Waals surface area contributed by atoms with Crippen molar-refractivity contribution < 1.29 is 9.53 Å². The van der Waals surface area contributed by atoms with Crippen LogP contribution in [0.15, 0.2) is 46.4 Å². The van der Waals surface area contributed by atoms with Crippen LogP contribution in [0.4, 0.5) is 5.82 Å². The number of hydrogen-bond donors (Lipinski definition) is 1. The van der Waals surface area contributed by atoms with E-state index < -0.39 is 5.56 Å². The summed E-state index contributed by atoms with van der Waals surface area (Å²) < 4.78 is 8.12. The second-order valence-corrected chi connectivity index (χ2v) is 10.1. The van der Waals surface area contributed by atoms with E-state index in [1.165, 1.54) is 32.6 Å². The summed E-state index contributed by atoms with van der Waals surface area (Å²) in [5.41, 5.74) is 0.972. The molecule has 1 aliphatic rings. The number of pyridine rings is 2. The maximum Gasteiger partial charge on any atom is 0.333 e. The van der Waals surface area contributed by atoms with Crippen molar-refractivity contribution >= 4 is 45.4 Å². The number of nitrogens with one attached hydrogen (secondary N) is 1. The minimum atomic E-state index is -0.397. The number of aryl methyl sites for hydroxylation is 1. The number of carbonyl (C=O) groups excluding carboxylic acids is 1. The Kier molecular flexibility index (Phi) is 7.05. The van der Waals surface area contributed by atoms with Gasteiger partial charge in [-0.15, -0.1) is 5.10 Å². The Labute approximate surface area is 237 Å². The van der Waals surface area contributed by atoms with E-state index in [4.69, 9.17) is 16.3 Å². The molecule has 5 aromatic rings. The largest absolute Gasteiger partial charge is 0.383 e. The van der Waals surface area contributed by atoms with Crippen molar-refractivity contribution in [3.05, 3.63) is 68.3 Å². The molecule has 0 saturated heterocycles. The minimum Gasteiger partial charge on any atom is -0.383 e. The van der Waals surface area contributed by atoms with Gasteiger partial charge in [-0.05, 0) is 37.5 Å². The summed E-state index contributed by atoms with van der Waals surface area (Å²) in [7, 11) is 1.55. The maximum atomic E-state index is 13.6. The number of methoxy groups -OCH3 is 1. The van der Waals surface area contributed by atoms with E-state index >= 15 is 0 Å². The molecular formula is C27H26ClN9O4. The van der Waals surface area contributed by atoms with Gasteiger partial charge in [0, 0.05) is 37.5 Å². The third-order valence-corrected chi connectivity index (χ3v) is 7.17. The zero-order valence-corrected chi connectivity index (χ0v) is 23.1. The number of fused-ring (bicyclic) bond motifs is 2. The van der Waals surface area contributed by atoms with E-state index in [0.29, 0.717) is 46.6 Å². The molecule has 210 valence electrons. The third kappa shape index (κ3) is 4.76. The van der Waals surface area contributed by atoms with Gasteiger partial charge < -0.3 is 9.72 Å². The lowest BCUT2D eigenvalue weighted by molar-refractivity contribution is 0.0975. The van der Waals surface area contributed by atoms with Crippen LogP contribution in [0.3, 0.4) is 0 Å². The van der Waals surface area contributed by atoms with Gasteiger partial charge in [-0.25, -0.2) is 19.7 Å². The minimum absolute atomic E-state index is 0.0895. The first kappa shape index (κ1) is 26.7. The fourth-order valence-electron chi connectivity index (χ4n) is 4.84. The summed E-state index contributed by atoms with van der Waals surface area (Å²) in [6, 6.07) is 4.75. The number of carbonyl (C=O) groups is 1. The maximum absolute atomic E-state index is 13.6. The van der Waals surface area contributed by atoms with Crippen molar-refractivity contribution in [2.45, 2.75) is 38.8 Å². The number of nitrogens with zero attached hydrogens (tertiary/aromatic N) is 8. The number of amides is 1. The zero-order valence-electron chi connectivity index (χ0n) is 22.4. The van der Waals surface area contributed by atoms with E-state index in [0.717, 1.165) is 12.8 Å². The number of aromatic nitrogens is 8. The topological polar surface area (TPSA) is 154 Å². The Balaban J connectivity index is 1.51. The summed E-state index contributed by atoms with van der Waals surface area (Å²) in [4.78, 5) is 58.1. The predicted molar refractivity (Wildman–Crippen MR) is 152 cm³/mol. The highest BCUT2D eigenvalue weighted by molar-refractivity contribution is 6.29. The van der Waals surface area contributed by atoms with Gasteiger partial charge in [-0.3, -0.25) is 23.6 Å². The van der Waals surface area contributed by atoms with E-state index in [-0.39, 0.29) is 47.1 Å². The van der Waals surface area contributed by atoms with Crippen LogP contribution in [0, 0.1) is 0 Å². The lowest BCUT2D eigenvalue weighted by Crippen LogP contribution is -2.39. The number of H-pyrrole nitrogens is 1. The van der Waals surface area contributed by atoms with Gasteiger partial charge in [0.15, 0.2) is 5.65 Å². The second kappa shape index (κ2) is 10.8. The van der Waals surface area contributed by atoms with Crippen LogP contribution >= 0.6 is 11.6 Å². The van der Waals surface area contributed by atoms with Crippen LogP contribution in [0.2, 0.25) is 5.15 Å². The van der Waals surface area contributed by atoms with Crippen molar-refractivity contribution in [2.75, 3.05) is 25.2 Å². The molecule has 1 N–H and O–H groups in total. The summed E-state index contributed by atoms with van der Waals surface area (Å²) in [5, 5.41) is 9.21. The number of imidazole rings is 1. The number of anilines is 1. The second-order valence-electron chi connectivity index (χ2n) is 9.73. The molecule has 41 heavy (non-hydrogen) atoms. The fourth-order valence-corrected chi connectivity index (χ4v) is 4.96. The monoisotopic (exact) mass is 575 g/mol. The normalized spacial score (nSPS) is 13.2. The first-order chi connectivity index (χ1) is 19.9. The SMILES string of the molecule is CCCn1c(=O)n(C2CC2)c(=O)c2[nH]c(-c3cnc(N(CCOC)C(=O)c4ccc(Cl)nc4)c4ccnnc34)nc21. The van der Waals surface area contributed by atoms with Crippen molar-refractivity contribution in [1.82, 2.24) is 39.3 Å². The molecule has 0 aromatic carbocycles. The molecule has 1 saturated carbocycles. The Morgan fingerprint density at radius 1 is 1.20 bits per heavy atom. The van der Waals surface area contributed by atoms with Crippen LogP contribution in [0.5, 0.6) is 0 Å². The average molecular weight is 576 g/mol. The Bertz CT molecular complexity index is 1890. The molecule has 0 spiro atoms. The lowest BCUT2D eigenvalue weighted by Gasteiger charge is -2.23. The first-order valence-corrected chi connectivity index (χ1v) is 13.6. The predicted octanol–water partition coefficient (Wildman–Crippen LogP) is 2.98. The molecule has 6 rings (SSSR count). The van der Waals surface area contributed by atoms with Gasteiger partial charge in [0.25, 0.3) is 11.5 Å². The smallest absolute Gasteiger partial charge is 0.333 e. The molecule has 0 radical (unpaired) electrons. The molecule has 1 fully saturated rings. The zero-order chi connectivity index (χ0) is 28.7. The average Bonchev–Trinajstić information content (AvgIpc) is 3.72. The Hall–Kier alpha value is -4.49. The van der Waals surface area contributed by atoms with Gasteiger partial charge >= 0.3 is 5.69 Å². The lowest BCUT2D eigenvalue weighted by atomic mass is 10.1. The van der Waals surface area contributed by atoms with Crippen molar-refractivity contribution in [2.24, 2.45) is 0 Å². The molecule has 5 heterocycles. The third-order valence-electron chi connectivity index (χ3n) is 6.95. The molecule has 0 bridgehead atoms. The molecule has 1 amide bonds. The molecular weight excluding hydrogens is 550 g/mol. The summed E-state index contributed by atoms with van der Waals surface area (Å²) in [5.74, 6) is 0.305. The van der Waals surface area contributed by atoms with Gasteiger partial charge in [-0.2, -0.15) is 5.10 Å². The highest BCUT2D eigenvalue weighted by Gasteiger charge is 2.30. The van der Waals surface area contributed by atoms with E-state index in [2.05, 4.69) is 30.1 Å². The highest BCUT2D eigenvalue weighted by atomic mass is 35.5. The molecule has 14 heteroatoms. The number of hydrogen-bond acceptors (Lipinski definition) is 9. The summed E-state index contributed by atoms with van der Waals surface area (Å²) >= 11 is 5.92. The van der Waals surface area contributed by atoms with Crippen LogP contribution < -0.4 is 16.1 Å².